The zero-order chi connectivity index (χ0) is 14.8. The van der Waals surface area contributed by atoms with E-state index in [1.54, 1.807) is 0 Å². The molecule has 4 atom stereocenters. The number of rotatable bonds is 5. The highest BCUT2D eigenvalue weighted by atomic mass is 16.1. The number of piperidine rings is 1. The third kappa shape index (κ3) is 2.86. The fourth-order valence-electron chi connectivity index (χ4n) is 4.47. The molecule has 1 saturated heterocycles. The van der Waals surface area contributed by atoms with Crippen molar-refractivity contribution in [3.8, 4) is 0 Å². The number of primary amides is 1. The summed E-state index contributed by atoms with van der Waals surface area (Å²) in [6.45, 7) is 5.77. The molecule has 1 aliphatic carbocycles. The first kappa shape index (κ1) is 15.8. The number of carbonyl (C=O) groups is 1. The van der Waals surface area contributed by atoms with Gasteiger partial charge in [-0.15, -0.1) is 0 Å². The Kier molecular flexibility index (Phi) is 5.08. The Labute approximate surface area is 123 Å². The van der Waals surface area contributed by atoms with E-state index in [2.05, 4.69) is 24.1 Å². The van der Waals surface area contributed by atoms with E-state index in [0.29, 0.717) is 18.0 Å². The molecule has 0 aromatic heterocycles. The quantitative estimate of drug-likeness (QED) is 0.809. The summed E-state index contributed by atoms with van der Waals surface area (Å²) in [5.74, 6) is 0.230. The summed E-state index contributed by atoms with van der Waals surface area (Å²) in [5.41, 5.74) is 5.23. The van der Waals surface area contributed by atoms with Crippen molar-refractivity contribution in [1.29, 1.82) is 0 Å². The van der Waals surface area contributed by atoms with Crippen molar-refractivity contribution >= 4 is 5.91 Å². The van der Waals surface area contributed by atoms with E-state index in [9.17, 15) is 4.79 Å². The number of amides is 1. The molecule has 1 aliphatic heterocycles. The van der Waals surface area contributed by atoms with Crippen molar-refractivity contribution in [2.45, 2.75) is 76.4 Å². The Morgan fingerprint density at radius 2 is 1.90 bits per heavy atom. The molecule has 3 N–H and O–H groups in total. The number of nitrogens with two attached hydrogens (primary N) is 1. The SMILES string of the molecule is CNC1(C(N)=O)CCCC1CCN1[C@H](C)CCC[C@@H]1C. The zero-order valence-electron chi connectivity index (χ0n) is 13.3. The van der Waals surface area contributed by atoms with E-state index in [1.165, 1.54) is 19.3 Å². The van der Waals surface area contributed by atoms with Gasteiger partial charge in [0.2, 0.25) is 5.91 Å². The molecule has 4 heteroatoms. The van der Waals surface area contributed by atoms with Crippen molar-refractivity contribution in [2.75, 3.05) is 13.6 Å². The molecule has 2 aliphatic rings. The van der Waals surface area contributed by atoms with Gasteiger partial charge in [-0.25, -0.2) is 0 Å². The standard InChI is InChI=1S/C16H31N3O/c1-12-6-4-7-13(2)19(12)11-9-14-8-5-10-16(14,18-3)15(17)20/h12-14,18H,4-11H2,1-3H3,(H2,17,20)/t12-,13+,14?,16?. The maximum Gasteiger partial charge on any atom is 0.238 e. The van der Waals surface area contributed by atoms with Crippen LogP contribution in [0, 0.1) is 5.92 Å². The van der Waals surface area contributed by atoms with Gasteiger partial charge >= 0.3 is 0 Å². The molecule has 2 rings (SSSR count). The van der Waals surface area contributed by atoms with Crippen LogP contribution in [0.25, 0.3) is 0 Å². The number of nitrogens with one attached hydrogen (secondary N) is 1. The first-order chi connectivity index (χ1) is 9.51. The summed E-state index contributed by atoms with van der Waals surface area (Å²) in [5, 5.41) is 3.24. The second kappa shape index (κ2) is 6.44. The van der Waals surface area contributed by atoms with E-state index in [-0.39, 0.29) is 5.91 Å². The largest absolute Gasteiger partial charge is 0.368 e. The molecule has 20 heavy (non-hydrogen) atoms. The van der Waals surface area contributed by atoms with Gasteiger partial charge in [0.05, 0.1) is 0 Å². The first-order valence-electron chi connectivity index (χ1n) is 8.26. The molecule has 2 unspecified atom stereocenters. The number of likely N-dealkylation sites (N-methyl/N-ethyl adjacent to an activating group) is 1. The number of carbonyl (C=O) groups excluding carboxylic acids is 1. The molecule has 0 aromatic carbocycles. The highest BCUT2D eigenvalue weighted by Gasteiger charge is 2.46. The Hall–Kier alpha value is -0.610. The van der Waals surface area contributed by atoms with Crippen molar-refractivity contribution < 1.29 is 4.79 Å². The van der Waals surface area contributed by atoms with Crippen LogP contribution in [-0.2, 0) is 4.79 Å². The fourth-order valence-corrected chi connectivity index (χ4v) is 4.47. The predicted octanol–water partition coefficient (Wildman–Crippen LogP) is 1.88. The molecule has 1 amide bonds. The van der Waals surface area contributed by atoms with E-state index >= 15 is 0 Å². The van der Waals surface area contributed by atoms with Crippen LogP contribution in [-0.4, -0.2) is 42.0 Å². The molecule has 116 valence electrons. The minimum atomic E-state index is -0.456. The van der Waals surface area contributed by atoms with E-state index in [0.717, 1.165) is 32.2 Å². The van der Waals surface area contributed by atoms with E-state index < -0.39 is 5.54 Å². The summed E-state index contributed by atoms with van der Waals surface area (Å²) in [6.07, 6.45) is 8.18. The fraction of sp³-hybridized carbons (Fsp3) is 0.938. The lowest BCUT2D eigenvalue weighted by Gasteiger charge is -2.41. The Morgan fingerprint density at radius 3 is 2.45 bits per heavy atom. The van der Waals surface area contributed by atoms with Crippen molar-refractivity contribution in [3.63, 3.8) is 0 Å². The Morgan fingerprint density at radius 1 is 1.25 bits per heavy atom. The number of hydrogen-bond donors (Lipinski definition) is 2. The lowest BCUT2D eigenvalue weighted by atomic mass is 9.83. The second-order valence-corrected chi connectivity index (χ2v) is 6.83. The maximum atomic E-state index is 11.9. The van der Waals surface area contributed by atoms with E-state index in [4.69, 9.17) is 5.73 Å². The summed E-state index contributed by atoms with van der Waals surface area (Å²) in [4.78, 5) is 14.5. The van der Waals surface area contributed by atoms with Gasteiger partial charge in [0.15, 0.2) is 0 Å². The molecule has 1 saturated carbocycles. The van der Waals surface area contributed by atoms with Crippen LogP contribution in [0.5, 0.6) is 0 Å². The Bertz CT molecular complexity index is 337. The lowest BCUT2D eigenvalue weighted by Crippen LogP contribution is -2.57. The topological polar surface area (TPSA) is 58.4 Å². The molecule has 1 heterocycles. The van der Waals surface area contributed by atoms with Crippen LogP contribution in [0.15, 0.2) is 0 Å². The van der Waals surface area contributed by atoms with E-state index in [1.807, 2.05) is 7.05 Å². The maximum absolute atomic E-state index is 11.9. The van der Waals surface area contributed by atoms with Gasteiger partial charge in [0.1, 0.15) is 5.54 Å². The van der Waals surface area contributed by atoms with Crippen LogP contribution in [0.3, 0.4) is 0 Å². The van der Waals surface area contributed by atoms with Crippen LogP contribution < -0.4 is 11.1 Å². The van der Waals surface area contributed by atoms with Crippen LogP contribution in [0.1, 0.15) is 58.8 Å². The molecular weight excluding hydrogens is 250 g/mol. The highest BCUT2D eigenvalue weighted by Crippen LogP contribution is 2.38. The molecule has 0 aromatic rings. The minimum Gasteiger partial charge on any atom is -0.368 e. The van der Waals surface area contributed by atoms with Crippen LogP contribution >= 0.6 is 0 Å². The van der Waals surface area contributed by atoms with Gasteiger partial charge in [-0.1, -0.05) is 12.8 Å². The molecule has 2 fully saturated rings. The molecule has 0 bridgehead atoms. The van der Waals surface area contributed by atoms with Crippen molar-refractivity contribution in [2.24, 2.45) is 11.7 Å². The summed E-state index contributed by atoms with van der Waals surface area (Å²) in [6, 6.07) is 1.36. The van der Waals surface area contributed by atoms with Gasteiger partial charge in [-0.3, -0.25) is 9.69 Å². The zero-order valence-corrected chi connectivity index (χ0v) is 13.3. The average molecular weight is 281 g/mol. The average Bonchev–Trinajstić information content (AvgIpc) is 2.82. The van der Waals surface area contributed by atoms with Gasteiger partial charge in [0.25, 0.3) is 0 Å². The van der Waals surface area contributed by atoms with Gasteiger partial charge in [-0.2, -0.15) is 0 Å². The van der Waals surface area contributed by atoms with Gasteiger partial charge < -0.3 is 11.1 Å². The highest BCUT2D eigenvalue weighted by molar-refractivity contribution is 5.85. The van der Waals surface area contributed by atoms with Gasteiger partial charge in [0, 0.05) is 12.1 Å². The summed E-state index contributed by atoms with van der Waals surface area (Å²) >= 11 is 0. The molecule has 0 spiro atoms. The molecule has 0 radical (unpaired) electrons. The predicted molar refractivity (Wildman–Crippen MR) is 82.4 cm³/mol. The number of nitrogens with zero attached hydrogens (tertiary/aromatic N) is 1. The minimum absolute atomic E-state index is 0.165. The summed E-state index contributed by atoms with van der Waals surface area (Å²) in [7, 11) is 1.88. The monoisotopic (exact) mass is 281 g/mol. The van der Waals surface area contributed by atoms with Crippen molar-refractivity contribution in [1.82, 2.24) is 10.2 Å². The van der Waals surface area contributed by atoms with Crippen molar-refractivity contribution in [3.05, 3.63) is 0 Å². The normalized spacial score (nSPS) is 39.0. The lowest BCUT2D eigenvalue weighted by molar-refractivity contribution is -0.125. The molecule has 4 nitrogen and oxygen atoms in total. The van der Waals surface area contributed by atoms with Crippen LogP contribution in [0.2, 0.25) is 0 Å². The van der Waals surface area contributed by atoms with Crippen LogP contribution in [0.4, 0.5) is 0 Å². The van der Waals surface area contributed by atoms with Gasteiger partial charge in [-0.05, 0) is 65.5 Å². The first-order valence-corrected chi connectivity index (χ1v) is 8.26. The Balaban J connectivity index is 1.97. The second-order valence-electron chi connectivity index (χ2n) is 6.83. The number of hydrogen-bond acceptors (Lipinski definition) is 3. The third-order valence-corrected chi connectivity index (χ3v) is 5.82. The molecular formula is C16H31N3O. The summed E-state index contributed by atoms with van der Waals surface area (Å²) < 4.78 is 0. The number of likely N-dealkylation sites (tertiary alicyclic amines) is 1. The third-order valence-electron chi connectivity index (χ3n) is 5.82. The smallest absolute Gasteiger partial charge is 0.238 e.